The molecule has 7 nitrogen and oxygen atoms in total. The molecule has 0 atom stereocenters. The van der Waals surface area contributed by atoms with Gasteiger partial charge in [0.05, 0.1) is 22.1 Å². The fourth-order valence-electron chi connectivity index (χ4n) is 8.47. The average Bonchev–Trinajstić information content (AvgIpc) is 3.74. The molecule has 0 radical (unpaired) electrons. The highest BCUT2D eigenvalue weighted by molar-refractivity contribution is 7.85. The smallest absolute Gasteiger partial charge is 0.293 e. The number of allylic oxidation sites excluding steroid dienone is 8. The van der Waals surface area contributed by atoms with E-state index in [-0.39, 0.29) is 16.6 Å². The minimum atomic E-state index is -4.24. The number of carbonyl (C=O) groups is 1. The lowest BCUT2D eigenvalue weighted by molar-refractivity contribution is -0.438. The van der Waals surface area contributed by atoms with Crippen LogP contribution in [0.25, 0.3) is 21.5 Å². The largest absolute Gasteiger partial charge is 0.748 e. The second kappa shape index (κ2) is 28.3. The zero-order valence-corrected chi connectivity index (χ0v) is 43.0. The molecule has 0 amide bonds. The third kappa shape index (κ3) is 15.7. The maximum absolute atomic E-state index is 11.2. The predicted molar refractivity (Wildman–Crippen MR) is 299 cm³/mol. The Hall–Kier alpha value is -9.63. The van der Waals surface area contributed by atoms with Crippen LogP contribution in [-0.4, -0.2) is 55.2 Å². The maximum Gasteiger partial charge on any atom is 0.293 e. The van der Waals surface area contributed by atoms with Crippen molar-refractivity contribution in [1.82, 2.24) is 0 Å². The maximum atomic E-state index is 11.2. The predicted octanol–water partition coefficient (Wildman–Crippen LogP) is 9.28. The summed E-state index contributed by atoms with van der Waals surface area (Å²) in [6.07, 6.45) is 15.3. The van der Waals surface area contributed by atoms with Crippen LogP contribution >= 0.6 is 0 Å². The van der Waals surface area contributed by atoms with Crippen molar-refractivity contribution in [3.05, 3.63) is 132 Å². The summed E-state index contributed by atoms with van der Waals surface area (Å²) in [5.74, 6) is 55.3. The molecule has 360 valence electrons. The highest BCUT2D eigenvalue weighted by Crippen LogP contribution is 2.50. The first-order valence-electron chi connectivity index (χ1n) is 23.4. The molecule has 0 aromatic heterocycles. The molecule has 0 fully saturated rings. The van der Waals surface area contributed by atoms with E-state index in [0.29, 0.717) is 39.0 Å². The van der Waals surface area contributed by atoms with E-state index < -0.39 is 10.1 Å². The summed E-state index contributed by atoms with van der Waals surface area (Å²) in [7, 11) is -4.24. The Morgan fingerprint density at radius 1 is 0.581 bits per heavy atom. The van der Waals surface area contributed by atoms with E-state index >= 15 is 0 Å². The Bertz CT molecular complexity index is 3760. The lowest BCUT2D eigenvalue weighted by atomic mass is 9.79. The number of benzene rings is 4. The molecule has 2 aliphatic heterocycles. The summed E-state index contributed by atoms with van der Waals surface area (Å²) in [6, 6.07) is 25.4. The average molecular weight is 983 g/mol. The van der Waals surface area contributed by atoms with E-state index in [1.54, 1.807) is 13.8 Å². The first kappa shape index (κ1) is 55.3. The number of unbranched alkanes of at least 4 members (excludes halogenated alkanes) is 1. The van der Waals surface area contributed by atoms with Crippen LogP contribution in [-0.2, 0) is 30.5 Å². The zero-order chi connectivity index (χ0) is 53.1. The van der Waals surface area contributed by atoms with E-state index in [2.05, 4.69) is 246 Å². The van der Waals surface area contributed by atoms with Crippen LogP contribution in [0.2, 0.25) is 0 Å². The quantitative estimate of drug-likeness (QED) is 0.0332. The second-order valence-electron chi connectivity index (χ2n) is 16.9. The normalized spacial score (nSPS) is 13.2. The van der Waals surface area contributed by atoms with E-state index in [4.69, 9.17) is 4.74 Å². The number of ether oxygens (including phenoxy) is 1. The van der Waals surface area contributed by atoms with Gasteiger partial charge < -0.3 is 14.2 Å². The van der Waals surface area contributed by atoms with Crippen molar-refractivity contribution in [3.8, 4) is 130 Å². The van der Waals surface area contributed by atoms with Gasteiger partial charge >= 0.3 is 0 Å². The summed E-state index contributed by atoms with van der Waals surface area (Å²) in [5, 5.41) is 4.80. The van der Waals surface area contributed by atoms with Crippen molar-refractivity contribution in [2.24, 2.45) is 0 Å². The Balaban J connectivity index is 0.000000358. The molecular formula is C66H50N2O5S. The Morgan fingerprint density at radius 2 is 1.05 bits per heavy atom. The van der Waals surface area contributed by atoms with Crippen molar-refractivity contribution in [1.29, 1.82) is 0 Å². The van der Waals surface area contributed by atoms with Gasteiger partial charge in [-0.05, 0) is 174 Å². The molecule has 0 spiro atoms. The minimum Gasteiger partial charge on any atom is -0.748 e. The van der Waals surface area contributed by atoms with Gasteiger partial charge in [-0.3, -0.25) is 4.79 Å². The topological polar surface area (TPSA) is 89.8 Å². The van der Waals surface area contributed by atoms with Gasteiger partial charge in [0.25, 0.3) is 6.47 Å². The van der Waals surface area contributed by atoms with E-state index in [1.165, 1.54) is 32.7 Å². The first-order valence-corrected chi connectivity index (χ1v) is 25.0. The van der Waals surface area contributed by atoms with Crippen LogP contribution < -0.4 is 4.90 Å². The third-order valence-corrected chi connectivity index (χ3v) is 12.2. The number of hydrogen-bond acceptors (Lipinski definition) is 6. The summed E-state index contributed by atoms with van der Waals surface area (Å²) < 4.78 is 41.1. The molecule has 0 N–H and O–H groups in total. The van der Waals surface area contributed by atoms with Gasteiger partial charge in [-0.25, -0.2) is 8.42 Å². The fraction of sp³-hybridized carbons (Fsp3) is 0.212. The molecule has 0 bridgehead atoms. The molecule has 74 heavy (non-hydrogen) atoms. The van der Waals surface area contributed by atoms with Crippen molar-refractivity contribution < 1.29 is 27.1 Å². The molecular weight excluding hydrogens is 933 g/mol. The van der Waals surface area contributed by atoms with Gasteiger partial charge in [0.1, 0.15) is 13.2 Å². The molecule has 0 unspecified atom stereocenters. The highest BCUT2D eigenvalue weighted by atomic mass is 32.2. The van der Waals surface area contributed by atoms with Gasteiger partial charge in [0.2, 0.25) is 5.69 Å². The molecule has 8 heteroatoms. The number of nitrogens with zero attached hydrogens (tertiary/aromatic N) is 2. The van der Waals surface area contributed by atoms with Crippen molar-refractivity contribution >= 4 is 55.2 Å². The first-order chi connectivity index (χ1) is 35.9. The van der Waals surface area contributed by atoms with Crippen molar-refractivity contribution in [3.63, 3.8) is 0 Å². The molecule has 2 heterocycles. The molecule has 0 saturated heterocycles. The SMILES string of the molecule is CC#CC#CC#CC#CC#CC#CC#CC#CC#CC#CC#CC.CC1(C)C(/C=C/C=C/C=C/C=C2/N(CCOC=O)c3ccc4ccccc4c3C2(C)C)=[N+](CCCCS(=O)(=O)[O-])c2ccc3ccccc3c21. The third-order valence-electron chi connectivity index (χ3n) is 11.4. The van der Waals surface area contributed by atoms with Crippen LogP contribution in [0.3, 0.4) is 0 Å². The lowest BCUT2D eigenvalue weighted by Gasteiger charge is -2.26. The highest BCUT2D eigenvalue weighted by Gasteiger charge is 2.45. The van der Waals surface area contributed by atoms with Crippen molar-refractivity contribution in [2.45, 2.75) is 65.2 Å². The van der Waals surface area contributed by atoms with Crippen LogP contribution in [0.4, 0.5) is 11.4 Å². The number of rotatable bonds is 13. The van der Waals surface area contributed by atoms with E-state index in [9.17, 15) is 17.8 Å². The van der Waals surface area contributed by atoms with Gasteiger partial charge in [-0.1, -0.05) is 111 Å². The van der Waals surface area contributed by atoms with E-state index in [0.717, 1.165) is 22.8 Å². The summed E-state index contributed by atoms with van der Waals surface area (Å²) in [4.78, 5) is 13.2. The lowest BCUT2D eigenvalue weighted by Crippen LogP contribution is -2.29. The second-order valence-corrected chi connectivity index (χ2v) is 18.4. The van der Waals surface area contributed by atoms with Crippen LogP contribution in [0, 0.1) is 130 Å². The molecule has 6 rings (SSSR count). The van der Waals surface area contributed by atoms with Gasteiger partial charge in [-0.2, -0.15) is 4.58 Å². The standard InChI is InChI=1S/C42H44N2O5S.C24H6/c1-41(2)37(43(26-14-15-29-50(46,47)48)35-24-22-31-16-10-12-18-33(31)39(35)41)20-8-6-5-7-9-21-38-42(3,4)40-34-19-13-11-17-32(34)23-25-36(40)44(38)27-28-49-30-45;1-3-5-7-9-11-13-15-17-19-21-23-24-22-20-18-16-14-12-10-8-6-4-2/h5-13,16-25,30H,14-15,26-29H2,1-4H3;1-2H3. The van der Waals surface area contributed by atoms with Gasteiger partial charge in [-0.15, -0.1) is 0 Å². The molecule has 2 aliphatic rings. The minimum absolute atomic E-state index is 0.267. The Morgan fingerprint density at radius 3 is 1.57 bits per heavy atom. The molecule has 4 aromatic rings. The van der Waals surface area contributed by atoms with Crippen LogP contribution in [0.5, 0.6) is 0 Å². The van der Waals surface area contributed by atoms with Gasteiger partial charge in [0.15, 0.2) is 5.71 Å². The summed E-state index contributed by atoms with van der Waals surface area (Å²) >= 11 is 0. The van der Waals surface area contributed by atoms with E-state index in [1.807, 2.05) is 36.4 Å². The van der Waals surface area contributed by atoms with Gasteiger partial charge in [0, 0.05) is 70.4 Å². The molecule has 0 saturated carbocycles. The van der Waals surface area contributed by atoms with Crippen LogP contribution in [0.1, 0.15) is 65.5 Å². The molecule has 4 aromatic carbocycles. The number of hydrogen-bond donors (Lipinski definition) is 0. The van der Waals surface area contributed by atoms with Crippen LogP contribution in [0.15, 0.2) is 121 Å². The number of carbonyl (C=O) groups excluding carboxylic acids is 1. The molecule has 0 aliphatic carbocycles. The summed E-state index contributed by atoms with van der Waals surface area (Å²) in [5.41, 5.74) is 6.45. The number of fused-ring (bicyclic) bond motifs is 6. The Labute approximate surface area is 438 Å². The number of anilines is 1. The monoisotopic (exact) mass is 982 g/mol. The summed E-state index contributed by atoms with van der Waals surface area (Å²) in [6.45, 7) is 14.3. The fourth-order valence-corrected chi connectivity index (χ4v) is 9.02. The Kier molecular flexibility index (Phi) is 21.1. The van der Waals surface area contributed by atoms with Crippen molar-refractivity contribution in [2.75, 3.05) is 30.3 Å². The zero-order valence-electron chi connectivity index (χ0n) is 42.1.